The van der Waals surface area contributed by atoms with E-state index < -0.39 is 0 Å². The Labute approximate surface area is 383 Å². The Hall–Kier alpha value is -8.32. The quantitative estimate of drug-likeness (QED) is 0.165. The molecule has 0 bridgehead atoms. The largest absolute Gasteiger partial charge is 0.458 e. The maximum Gasteiger partial charge on any atom is 0.260 e. The summed E-state index contributed by atoms with van der Waals surface area (Å²) in [4.78, 5) is 0. The molecule has 4 nitrogen and oxygen atoms in total. The molecule has 0 saturated carbocycles. The van der Waals surface area contributed by atoms with Crippen LogP contribution in [0.2, 0.25) is 0 Å². The molecule has 0 atom stereocenters. The van der Waals surface area contributed by atoms with Crippen molar-refractivity contribution in [1.82, 2.24) is 9.13 Å². The summed E-state index contributed by atoms with van der Waals surface area (Å²) in [6.45, 7) is 0.0365. The van der Waals surface area contributed by atoms with Gasteiger partial charge in [-0.3, -0.25) is 0 Å². The van der Waals surface area contributed by atoms with E-state index in [4.69, 9.17) is 9.47 Å². The van der Waals surface area contributed by atoms with Crippen LogP contribution in [0.25, 0.3) is 97.4 Å². The molecule has 2 aliphatic rings. The van der Waals surface area contributed by atoms with Crippen molar-refractivity contribution >= 4 is 98.2 Å². The Kier molecular flexibility index (Phi) is 7.43. The molecule has 0 saturated heterocycles. The van der Waals surface area contributed by atoms with Crippen molar-refractivity contribution in [3.63, 3.8) is 0 Å². The van der Waals surface area contributed by atoms with Gasteiger partial charge in [0.1, 0.15) is 23.0 Å². The number of aromatic nitrogens is 2. The summed E-state index contributed by atoms with van der Waals surface area (Å²) in [7, 11) is 0. The van der Waals surface area contributed by atoms with Gasteiger partial charge in [0.05, 0.1) is 27.8 Å². The standard InChI is InChI=1S/C60H35BN2O2S/c1-2-16-37(17-3-1)62-48-28-9-5-19-43(48)57-49(62)29-15-30-50(57)63-47-27-8-4-18-39(47)41-22-13-23-42(59(41)63)40-21-14-33-55-56(40)44-24-12-20-38(60(44)66-55)36-34-53-58-54(35-36)65-52-32-11-7-26-46(52)61(58)45-25-6-10-31-51(45)64-53/h1-35H. The van der Waals surface area contributed by atoms with E-state index in [2.05, 4.69) is 221 Å². The van der Waals surface area contributed by atoms with Gasteiger partial charge >= 0.3 is 0 Å². The smallest absolute Gasteiger partial charge is 0.260 e. The number of ether oxygens (including phenoxy) is 2. The predicted octanol–water partition coefficient (Wildman–Crippen LogP) is 14.3. The van der Waals surface area contributed by atoms with Crippen LogP contribution in [-0.2, 0) is 0 Å². The molecule has 0 amide bonds. The summed E-state index contributed by atoms with van der Waals surface area (Å²) >= 11 is 1.86. The number of fused-ring (bicyclic) bond motifs is 13. The van der Waals surface area contributed by atoms with E-state index >= 15 is 0 Å². The van der Waals surface area contributed by atoms with Crippen molar-refractivity contribution < 1.29 is 9.47 Å². The molecule has 2 aliphatic heterocycles. The number of thiophene rings is 1. The Bertz CT molecular complexity index is 4130. The van der Waals surface area contributed by atoms with Crippen molar-refractivity contribution in [3.05, 3.63) is 212 Å². The minimum atomic E-state index is 0.0365. The van der Waals surface area contributed by atoms with E-state index in [0.717, 1.165) is 51.0 Å². The van der Waals surface area contributed by atoms with Gasteiger partial charge in [0.2, 0.25) is 0 Å². The molecule has 5 heterocycles. The van der Waals surface area contributed by atoms with Gasteiger partial charge in [-0.25, -0.2) is 0 Å². The summed E-state index contributed by atoms with van der Waals surface area (Å²) in [5.74, 6) is 3.48. The molecule has 66 heavy (non-hydrogen) atoms. The van der Waals surface area contributed by atoms with Gasteiger partial charge in [-0.2, -0.15) is 0 Å². The molecule has 306 valence electrons. The zero-order valence-corrected chi connectivity index (χ0v) is 36.2. The lowest BCUT2D eigenvalue weighted by Crippen LogP contribution is -2.57. The van der Waals surface area contributed by atoms with E-state index in [-0.39, 0.29) is 6.71 Å². The fourth-order valence-electron chi connectivity index (χ4n) is 11.4. The highest BCUT2D eigenvalue weighted by Crippen LogP contribution is 2.49. The van der Waals surface area contributed by atoms with Gasteiger partial charge in [0.15, 0.2) is 0 Å². The number of para-hydroxylation sites is 6. The molecule has 13 aromatic rings. The van der Waals surface area contributed by atoms with Crippen LogP contribution in [0.4, 0.5) is 0 Å². The average Bonchev–Trinajstić information content (AvgIpc) is 4.05. The van der Waals surface area contributed by atoms with Crippen molar-refractivity contribution in [3.8, 4) is 56.6 Å². The van der Waals surface area contributed by atoms with Crippen molar-refractivity contribution in [2.45, 2.75) is 0 Å². The first-order valence-corrected chi connectivity index (χ1v) is 23.3. The fourth-order valence-corrected chi connectivity index (χ4v) is 12.6. The molecular formula is C60H35BN2O2S. The highest BCUT2D eigenvalue weighted by atomic mass is 32.1. The third-order valence-electron chi connectivity index (χ3n) is 14.0. The zero-order chi connectivity index (χ0) is 43.0. The number of hydrogen-bond acceptors (Lipinski definition) is 3. The lowest BCUT2D eigenvalue weighted by Gasteiger charge is -2.33. The molecule has 0 unspecified atom stereocenters. The van der Waals surface area contributed by atoms with E-state index in [1.54, 1.807) is 0 Å². The second-order valence-electron chi connectivity index (χ2n) is 17.5. The van der Waals surface area contributed by atoms with Crippen LogP contribution in [-0.4, -0.2) is 15.8 Å². The molecule has 15 rings (SSSR count). The van der Waals surface area contributed by atoms with Crippen LogP contribution < -0.4 is 25.9 Å². The highest BCUT2D eigenvalue weighted by molar-refractivity contribution is 7.26. The highest BCUT2D eigenvalue weighted by Gasteiger charge is 2.40. The number of benzene rings is 10. The average molecular weight is 859 g/mol. The Morgan fingerprint density at radius 3 is 1.74 bits per heavy atom. The normalized spacial score (nSPS) is 12.8. The summed E-state index contributed by atoms with van der Waals surface area (Å²) in [6, 6.07) is 77.0. The minimum absolute atomic E-state index is 0.0365. The first-order chi connectivity index (χ1) is 32.8. The molecular weight excluding hydrogens is 824 g/mol. The Morgan fingerprint density at radius 1 is 0.394 bits per heavy atom. The second kappa shape index (κ2) is 13.6. The van der Waals surface area contributed by atoms with E-state index in [0.29, 0.717) is 0 Å². The van der Waals surface area contributed by atoms with Gasteiger partial charge in [-0.1, -0.05) is 146 Å². The first kappa shape index (κ1) is 36.1. The van der Waals surface area contributed by atoms with Gasteiger partial charge in [0, 0.05) is 58.4 Å². The molecule has 10 aromatic carbocycles. The van der Waals surface area contributed by atoms with Gasteiger partial charge in [0.25, 0.3) is 6.71 Å². The zero-order valence-electron chi connectivity index (χ0n) is 35.4. The van der Waals surface area contributed by atoms with Crippen molar-refractivity contribution in [2.24, 2.45) is 0 Å². The van der Waals surface area contributed by atoms with E-state index in [9.17, 15) is 0 Å². The Balaban J connectivity index is 0.967. The SMILES string of the molecule is c1ccc(-n2c3ccccc3c3c(-n4c5ccccc5c5cccc(-c6cccc7sc8c(-c9cc%10c%11c(c9)Oc9ccccc9B%11c9ccccc9O%10)cccc8c67)c54)cccc32)cc1. The number of rotatable bonds is 4. The maximum atomic E-state index is 6.76. The summed E-state index contributed by atoms with van der Waals surface area (Å²) in [6.07, 6.45) is 0. The number of hydrogen-bond donors (Lipinski definition) is 0. The van der Waals surface area contributed by atoms with E-state index in [1.807, 2.05) is 11.3 Å². The Morgan fingerprint density at radius 2 is 0.970 bits per heavy atom. The van der Waals surface area contributed by atoms with Gasteiger partial charge in [-0.05, 0) is 94.3 Å². The molecule has 0 aliphatic carbocycles. The molecule has 6 heteroatoms. The third kappa shape index (κ3) is 4.94. The predicted molar refractivity (Wildman–Crippen MR) is 277 cm³/mol. The molecule has 0 fully saturated rings. The van der Waals surface area contributed by atoms with Crippen LogP contribution in [0.5, 0.6) is 23.0 Å². The van der Waals surface area contributed by atoms with Crippen molar-refractivity contribution in [2.75, 3.05) is 0 Å². The number of nitrogens with zero attached hydrogens (tertiary/aromatic N) is 2. The fraction of sp³-hybridized carbons (Fsp3) is 0. The molecule has 0 spiro atoms. The lowest BCUT2D eigenvalue weighted by atomic mass is 9.35. The van der Waals surface area contributed by atoms with Crippen LogP contribution >= 0.6 is 11.3 Å². The van der Waals surface area contributed by atoms with E-state index in [1.165, 1.54) is 85.8 Å². The maximum absolute atomic E-state index is 6.76. The third-order valence-corrected chi connectivity index (χ3v) is 15.2. The lowest BCUT2D eigenvalue weighted by molar-refractivity contribution is 0.465. The van der Waals surface area contributed by atoms with Crippen molar-refractivity contribution in [1.29, 1.82) is 0 Å². The summed E-state index contributed by atoms with van der Waals surface area (Å²) < 4.78 is 20.9. The van der Waals surface area contributed by atoms with Crippen LogP contribution in [0, 0.1) is 0 Å². The molecule has 0 radical (unpaired) electrons. The van der Waals surface area contributed by atoms with Gasteiger partial charge < -0.3 is 18.6 Å². The monoisotopic (exact) mass is 858 g/mol. The molecule has 3 aromatic heterocycles. The first-order valence-electron chi connectivity index (χ1n) is 22.5. The van der Waals surface area contributed by atoms with Gasteiger partial charge in [-0.15, -0.1) is 11.3 Å². The minimum Gasteiger partial charge on any atom is -0.458 e. The summed E-state index contributed by atoms with van der Waals surface area (Å²) in [5, 5.41) is 7.41. The van der Waals surface area contributed by atoms with Crippen LogP contribution in [0.1, 0.15) is 0 Å². The molecule has 0 N–H and O–H groups in total. The van der Waals surface area contributed by atoms with Crippen LogP contribution in [0.15, 0.2) is 212 Å². The topological polar surface area (TPSA) is 28.3 Å². The second-order valence-corrected chi connectivity index (χ2v) is 18.5. The summed E-state index contributed by atoms with van der Waals surface area (Å²) in [5.41, 5.74) is 15.1. The van der Waals surface area contributed by atoms with Crippen LogP contribution in [0.3, 0.4) is 0 Å².